The van der Waals surface area contributed by atoms with Crippen molar-refractivity contribution in [3.05, 3.63) is 60.2 Å². The summed E-state index contributed by atoms with van der Waals surface area (Å²) in [6.07, 6.45) is 0. The minimum Gasteiger partial charge on any atom is -0.480 e. The maximum absolute atomic E-state index is 12.9. The van der Waals surface area contributed by atoms with Gasteiger partial charge in [-0.2, -0.15) is 0 Å². The van der Waals surface area contributed by atoms with Crippen molar-refractivity contribution in [2.45, 2.75) is 25.7 Å². The van der Waals surface area contributed by atoms with Gasteiger partial charge in [0.05, 0.1) is 23.4 Å². The summed E-state index contributed by atoms with van der Waals surface area (Å²) in [4.78, 5) is 11.9. The molecule has 0 spiro atoms. The Kier molecular flexibility index (Phi) is 6.55. The predicted molar refractivity (Wildman–Crippen MR) is 119 cm³/mol. The van der Waals surface area contributed by atoms with E-state index in [1.54, 1.807) is 44.2 Å². The van der Waals surface area contributed by atoms with Gasteiger partial charge < -0.3 is 10.1 Å². The number of benzene rings is 2. The number of aromatic nitrogens is 2. The molecule has 1 heterocycles. The fourth-order valence-corrected chi connectivity index (χ4v) is 3.80. The summed E-state index contributed by atoms with van der Waals surface area (Å²) in [5.74, 6) is 0.0864. The van der Waals surface area contributed by atoms with Crippen LogP contribution in [0.25, 0.3) is 11.3 Å². The van der Waals surface area contributed by atoms with Crippen LogP contribution in [0.5, 0.6) is 5.88 Å². The van der Waals surface area contributed by atoms with E-state index in [-0.39, 0.29) is 16.7 Å². The highest BCUT2D eigenvalue weighted by Gasteiger charge is 2.17. The highest BCUT2D eigenvalue weighted by atomic mass is 32.2. The van der Waals surface area contributed by atoms with Gasteiger partial charge in [0.15, 0.2) is 0 Å². The van der Waals surface area contributed by atoms with Crippen molar-refractivity contribution in [2.75, 3.05) is 17.1 Å². The molecule has 2 aromatic carbocycles. The number of hydrogen-bond donors (Lipinski definition) is 2. The lowest BCUT2D eigenvalue weighted by Crippen LogP contribution is -2.18. The normalized spacial score (nSPS) is 11.3. The summed E-state index contributed by atoms with van der Waals surface area (Å²) in [5.41, 5.74) is 3.03. The monoisotopic (exact) mass is 440 g/mol. The molecule has 0 unspecified atom stereocenters. The Labute approximate surface area is 181 Å². The highest BCUT2D eigenvalue weighted by Crippen LogP contribution is 2.27. The van der Waals surface area contributed by atoms with Crippen LogP contribution < -0.4 is 14.8 Å². The molecule has 0 saturated carbocycles. The number of anilines is 2. The van der Waals surface area contributed by atoms with E-state index in [1.165, 1.54) is 19.2 Å². The van der Waals surface area contributed by atoms with Gasteiger partial charge >= 0.3 is 0 Å². The van der Waals surface area contributed by atoms with Crippen LogP contribution in [-0.4, -0.2) is 31.6 Å². The van der Waals surface area contributed by atoms with Crippen molar-refractivity contribution >= 4 is 27.3 Å². The van der Waals surface area contributed by atoms with Crippen LogP contribution in [0.15, 0.2) is 59.5 Å². The number of aryl methyl sites for hydroxylation is 1. The summed E-state index contributed by atoms with van der Waals surface area (Å²) in [6, 6.07) is 14.8. The van der Waals surface area contributed by atoms with Crippen LogP contribution in [0.1, 0.15) is 19.4 Å². The zero-order valence-electron chi connectivity index (χ0n) is 17.7. The number of amides is 1. The third-order valence-corrected chi connectivity index (χ3v) is 5.96. The first-order chi connectivity index (χ1) is 14.7. The lowest BCUT2D eigenvalue weighted by Gasteiger charge is -2.13. The first-order valence-electron chi connectivity index (χ1n) is 9.62. The zero-order valence-corrected chi connectivity index (χ0v) is 18.5. The molecule has 3 aromatic rings. The van der Waals surface area contributed by atoms with E-state index in [9.17, 15) is 13.2 Å². The van der Waals surface area contributed by atoms with Crippen molar-refractivity contribution in [1.82, 2.24) is 10.2 Å². The fraction of sp³-hybridized carbons (Fsp3) is 0.227. The molecule has 8 nitrogen and oxygen atoms in total. The Morgan fingerprint density at radius 1 is 1.00 bits per heavy atom. The molecule has 0 fully saturated rings. The Morgan fingerprint density at radius 3 is 2.29 bits per heavy atom. The maximum atomic E-state index is 12.9. The SMILES string of the molecule is COc1ccc(-c2ccc(C)c(NS(=O)(=O)c3ccc(NC(=O)C(C)C)cc3)c2)nn1. The van der Waals surface area contributed by atoms with E-state index in [4.69, 9.17) is 4.74 Å². The van der Waals surface area contributed by atoms with Crippen molar-refractivity contribution in [3.63, 3.8) is 0 Å². The van der Waals surface area contributed by atoms with Crippen LogP contribution in [-0.2, 0) is 14.8 Å². The van der Waals surface area contributed by atoms with Crippen LogP contribution in [0, 0.1) is 12.8 Å². The number of nitrogens with zero attached hydrogens (tertiary/aromatic N) is 2. The molecule has 0 atom stereocenters. The number of nitrogens with one attached hydrogen (secondary N) is 2. The summed E-state index contributed by atoms with van der Waals surface area (Å²) >= 11 is 0. The second-order valence-corrected chi connectivity index (χ2v) is 8.95. The molecule has 31 heavy (non-hydrogen) atoms. The van der Waals surface area contributed by atoms with E-state index >= 15 is 0 Å². The number of methoxy groups -OCH3 is 1. The maximum Gasteiger partial charge on any atom is 0.261 e. The van der Waals surface area contributed by atoms with Gasteiger partial charge in [0, 0.05) is 23.2 Å². The molecule has 1 amide bonds. The summed E-state index contributed by atoms with van der Waals surface area (Å²) < 4.78 is 33.4. The summed E-state index contributed by atoms with van der Waals surface area (Å²) in [7, 11) is -2.32. The van der Waals surface area contributed by atoms with Gasteiger partial charge in [-0.05, 0) is 48.9 Å². The Hall–Kier alpha value is -3.46. The van der Waals surface area contributed by atoms with Crippen molar-refractivity contribution in [1.29, 1.82) is 0 Å². The molecule has 0 aliphatic heterocycles. The molecule has 1 aromatic heterocycles. The van der Waals surface area contributed by atoms with Crippen LogP contribution in [0.3, 0.4) is 0 Å². The molecule has 162 valence electrons. The van der Waals surface area contributed by atoms with Gasteiger partial charge in [0.2, 0.25) is 11.8 Å². The number of hydrogen-bond acceptors (Lipinski definition) is 6. The Balaban J connectivity index is 1.82. The van der Waals surface area contributed by atoms with Crippen molar-refractivity contribution in [2.24, 2.45) is 5.92 Å². The van der Waals surface area contributed by atoms with E-state index in [0.29, 0.717) is 28.5 Å². The average Bonchev–Trinajstić information content (AvgIpc) is 2.75. The van der Waals surface area contributed by atoms with Gasteiger partial charge in [-0.25, -0.2) is 8.42 Å². The molecule has 3 rings (SSSR count). The number of ether oxygens (including phenoxy) is 1. The predicted octanol–water partition coefficient (Wildman–Crippen LogP) is 3.86. The minimum atomic E-state index is -3.83. The molecule has 0 bridgehead atoms. The third-order valence-electron chi connectivity index (χ3n) is 4.58. The number of carbonyl (C=O) groups excluding carboxylic acids is 1. The van der Waals surface area contributed by atoms with E-state index in [1.807, 2.05) is 19.1 Å². The topological polar surface area (TPSA) is 110 Å². The molecule has 0 radical (unpaired) electrons. The largest absolute Gasteiger partial charge is 0.480 e. The third kappa shape index (κ3) is 5.37. The van der Waals surface area contributed by atoms with Gasteiger partial charge in [0.25, 0.3) is 10.0 Å². The first-order valence-corrected chi connectivity index (χ1v) is 11.1. The molecule has 2 N–H and O–H groups in total. The molecule has 0 saturated heterocycles. The van der Waals surface area contributed by atoms with Gasteiger partial charge in [-0.15, -0.1) is 10.2 Å². The van der Waals surface area contributed by atoms with Crippen LogP contribution in [0.4, 0.5) is 11.4 Å². The van der Waals surface area contributed by atoms with Crippen LogP contribution in [0.2, 0.25) is 0 Å². The highest BCUT2D eigenvalue weighted by molar-refractivity contribution is 7.92. The average molecular weight is 441 g/mol. The first kappa shape index (κ1) is 22.2. The summed E-state index contributed by atoms with van der Waals surface area (Å²) in [6.45, 7) is 5.38. The van der Waals surface area contributed by atoms with E-state index in [0.717, 1.165) is 5.56 Å². The quantitative estimate of drug-likeness (QED) is 0.577. The Morgan fingerprint density at radius 2 is 1.71 bits per heavy atom. The van der Waals surface area contributed by atoms with E-state index in [2.05, 4.69) is 20.2 Å². The minimum absolute atomic E-state index is 0.0871. The number of rotatable bonds is 7. The van der Waals surface area contributed by atoms with Gasteiger partial charge in [0.1, 0.15) is 0 Å². The Bertz CT molecular complexity index is 1180. The van der Waals surface area contributed by atoms with Gasteiger partial charge in [-0.1, -0.05) is 26.0 Å². The molecule has 0 aliphatic rings. The lowest BCUT2D eigenvalue weighted by atomic mass is 10.1. The molecular weight excluding hydrogens is 416 g/mol. The standard InChI is InChI=1S/C22H24N4O4S/c1-14(2)22(27)23-17-7-9-18(10-8-17)31(28,29)26-20-13-16(6-5-15(20)3)19-11-12-21(30-4)25-24-19/h5-14,26H,1-4H3,(H,23,27). The van der Waals surface area contributed by atoms with Gasteiger partial charge in [-0.3, -0.25) is 9.52 Å². The number of sulfonamides is 1. The van der Waals surface area contributed by atoms with Crippen molar-refractivity contribution < 1.29 is 17.9 Å². The lowest BCUT2D eigenvalue weighted by molar-refractivity contribution is -0.118. The molecular formula is C22H24N4O4S. The zero-order chi connectivity index (χ0) is 22.6. The smallest absolute Gasteiger partial charge is 0.261 e. The summed E-state index contributed by atoms with van der Waals surface area (Å²) in [5, 5.41) is 10.8. The molecule has 0 aliphatic carbocycles. The second kappa shape index (κ2) is 9.13. The van der Waals surface area contributed by atoms with E-state index < -0.39 is 10.0 Å². The fourth-order valence-electron chi connectivity index (χ4n) is 2.68. The van der Waals surface area contributed by atoms with Crippen molar-refractivity contribution in [3.8, 4) is 17.1 Å². The molecule has 9 heteroatoms. The van der Waals surface area contributed by atoms with Crippen LogP contribution >= 0.6 is 0 Å². The second-order valence-electron chi connectivity index (χ2n) is 7.26. The number of carbonyl (C=O) groups is 1.